The molecule has 0 radical (unpaired) electrons. The Kier molecular flexibility index (Phi) is 4.06. The van der Waals surface area contributed by atoms with Gasteiger partial charge in [0.25, 0.3) is 0 Å². The summed E-state index contributed by atoms with van der Waals surface area (Å²) in [5.41, 5.74) is 0. The highest BCUT2D eigenvalue weighted by Gasteiger charge is 2.35. The van der Waals surface area contributed by atoms with Gasteiger partial charge in [0.1, 0.15) is 0 Å². The highest BCUT2D eigenvalue weighted by Crippen LogP contribution is 2.22. The Morgan fingerprint density at radius 3 is 2.68 bits per heavy atom. The Morgan fingerprint density at radius 1 is 1.42 bits per heavy atom. The third kappa shape index (κ3) is 3.47. The van der Waals surface area contributed by atoms with Crippen molar-refractivity contribution in [3.05, 3.63) is 18.5 Å². The predicted molar refractivity (Wildman–Crippen MR) is 67.4 cm³/mol. The number of hydrogen-bond acceptors (Lipinski definition) is 5. The number of likely N-dealkylation sites (tertiary alicyclic amines) is 1. The first-order chi connectivity index (χ1) is 9.06. The van der Waals surface area contributed by atoms with Crippen LogP contribution in [0.2, 0.25) is 0 Å². The largest absolute Gasteiger partial charge is 0.481 e. The second kappa shape index (κ2) is 5.75. The summed E-state index contributed by atoms with van der Waals surface area (Å²) in [5.74, 6) is -1.13. The second-order valence-corrected chi connectivity index (χ2v) is 4.74. The van der Waals surface area contributed by atoms with Gasteiger partial charge in [-0.2, -0.15) is 0 Å². The van der Waals surface area contributed by atoms with Crippen molar-refractivity contribution in [2.24, 2.45) is 11.8 Å². The number of hydrogen-bond donors (Lipinski definition) is 2. The van der Waals surface area contributed by atoms with E-state index in [-0.39, 0.29) is 24.3 Å². The average Bonchev–Trinajstić information content (AvgIpc) is 2.71. The van der Waals surface area contributed by atoms with Gasteiger partial charge in [-0.3, -0.25) is 19.8 Å². The molecule has 1 saturated heterocycles. The molecular weight excluding hydrogens is 248 g/mol. The van der Waals surface area contributed by atoms with Crippen LogP contribution in [0.1, 0.15) is 6.92 Å². The van der Waals surface area contributed by atoms with Crippen molar-refractivity contribution >= 4 is 17.8 Å². The molecule has 2 heterocycles. The summed E-state index contributed by atoms with van der Waals surface area (Å²) in [4.78, 5) is 32.4. The molecule has 7 nitrogen and oxygen atoms in total. The van der Waals surface area contributed by atoms with Crippen LogP contribution in [0.5, 0.6) is 0 Å². The lowest BCUT2D eigenvalue weighted by Gasteiger charge is -2.14. The Morgan fingerprint density at radius 2 is 2.11 bits per heavy atom. The highest BCUT2D eigenvalue weighted by molar-refractivity contribution is 5.90. The number of anilines is 1. The fourth-order valence-corrected chi connectivity index (χ4v) is 2.25. The van der Waals surface area contributed by atoms with Gasteiger partial charge in [0.15, 0.2) is 0 Å². The minimum absolute atomic E-state index is 0.0540. The number of aromatic nitrogens is 2. The number of carboxylic acid groups (broad SMARTS) is 1. The normalized spacial score (nSPS) is 23.2. The molecule has 0 spiro atoms. The third-order valence-electron chi connectivity index (χ3n) is 3.19. The molecule has 1 amide bonds. The maximum Gasteiger partial charge on any atom is 0.308 e. The Bertz CT molecular complexity index is 465. The summed E-state index contributed by atoms with van der Waals surface area (Å²) >= 11 is 0. The Balaban J connectivity index is 1.85. The molecule has 7 heteroatoms. The quantitative estimate of drug-likeness (QED) is 0.799. The first kappa shape index (κ1) is 13.4. The predicted octanol–water partition coefficient (Wildman–Crippen LogP) is 0.0676. The van der Waals surface area contributed by atoms with Crippen LogP contribution >= 0.6 is 0 Å². The molecule has 0 bridgehead atoms. The molecule has 2 atom stereocenters. The summed E-state index contributed by atoms with van der Waals surface area (Å²) in [6.45, 7) is 3.06. The summed E-state index contributed by atoms with van der Waals surface area (Å²) < 4.78 is 0. The van der Waals surface area contributed by atoms with E-state index in [1.54, 1.807) is 18.5 Å². The molecule has 0 aromatic carbocycles. The fraction of sp³-hybridized carbons (Fsp3) is 0.500. The molecule has 1 aliphatic heterocycles. The highest BCUT2D eigenvalue weighted by atomic mass is 16.4. The van der Waals surface area contributed by atoms with E-state index in [0.29, 0.717) is 13.1 Å². The van der Waals surface area contributed by atoms with E-state index in [9.17, 15) is 9.59 Å². The summed E-state index contributed by atoms with van der Waals surface area (Å²) in [6.07, 6.45) is 3.09. The molecule has 1 aromatic rings. The number of carbonyl (C=O) groups is 2. The van der Waals surface area contributed by atoms with Gasteiger partial charge in [-0.25, -0.2) is 9.97 Å². The topological polar surface area (TPSA) is 95.4 Å². The van der Waals surface area contributed by atoms with Crippen LogP contribution in [-0.4, -0.2) is 51.5 Å². The number of carboxylic acids is 1. The number of nitrogens with one attached hydrogen (secondary N) is 1. The summed E-state index contributed by atoms with van der Waals surface area (Å²) in [6, 6.07) is 1.66. The molecule has 19 heavy (non-hydrogen) atoms. The van der Waals surface area contributed by atoms with Crippen LogP contribution in [0.15, 0.2) is 18.5 Å². The monoisotopic (exact) mass is 264 g/mol. The zero-order valence-electron chi connectivity index (χ0n) is 10.6. The lowest BCUT2D eigenvalue weighted by atomic mass is 9.99. The lowest BCUT2D eigenvalue weighted by molar-refractivity contribution is -0.142. The second-order valence-electron chi connectivity index (χ2n) is 4.74. The van der Waals surface area contributed by atoms with Gasteiger partial charge in [0.05, 0.1) is 12.5 Å². The van der Waals surface area contributed by atoms with Crippen molar-refractivity contribution in [1.29, 1.82) is 0 Å². The SMILES string of the molecule is CC1CN(CC(=O)Nc2ncccn2)CC1C(=O)O. The van der Waals surface area contributed by atoms with E-state index in [0.717, 1.165) is 0 Å². The maximum atomic E-state index is 11.8. The van der Waals surface area contributed by atoms with Crippen LogP contribution in [0.4, 0.5) is 5.95 Å². The third-order valence-corrected chi connectivity index (χ3v) is 3.19. The van der Waals surface area contributed by atoms with Gasteiger partial charge in [-0.05, 0) is 12.0 Å². The van der Waals surface area contributed by atoms with Gasteiger partial charge in [0.2, 0.25) is 11.9 Å². The standard InChI is InChI=1S/C12H16N4O3/c1-8-5-16(6-9(8)11(18)19)7-10(17)15-12-13-3-2-4-14-12/h2-4,8-9H,5-7H2,1H3,(H,18,19)(H,13,14,15,17). The molecule has 0 aliphatic carbocycles. The van der Waals surface area contributed by atoms with Crippen LogP contribution < -0.4 is 5.32 Å². The molecule has 0 saturated carbocycles. The molecule has 2 N–H and O–H groups in total. The van der Waals surface area contributed by atoms with Gasteiger partial charge < -0.3 is 5.11 Å². The van der Waals surface area contributed by atoms with Crippen molar-refractivity contribution in [2.75, 3.05) is 25.0 Å². The number of rotatable bonds is 4. The smallest absolute Gasteiger partial charge is 0.308 e. The van der Waals surface area contributed by atoms with Gasteiger partial charge in [-0.1, -0.05) is 6.92 Å². The molecule has 2 rings (SSSR count). The van der Waals surface area contributed by atoms with E-state index in [1.807, 2.05) is 11.8 Å². The van der Waals surface area contributed by atoms with Crippen molar-refractivity contribution in [1.82, 2.24) is 14.9 Å². The minimum atomic E-state index is -0.804. The Labute approximate surface area is 110 Å². The van der Waals surface area contributed by atoms with Crippen LogP contribution in [-0.2, 0) is 9.59 Å². The van der Waals surface area contributed by atoms with Crippen LogP contribution in [0.3, 0.4) is 0 Å². The number of aliphatic carboxylic acids is 1. The van der Waals surface area contributed by atoms with Gasteiger partial charge in [0, 0.05) is 25.5 Å². The molecule has 1 aliphatic rings. The van der Waals surface area contributed by atoms with Crippen LogP contribution in [0, 0.1) is 11.8 Å². The molecule has 1 aromatic heterocycles. The number of nitrogens with zero attached hydrogens (tertiary/aromatic N) is 3. The zero-order valence-corrected chi connectivity index (χ0v) is 10.6. The van der Waals surface area contributed by atoms with E-state index >= 15 is 0 Å². The maximum absolute atomic E-state index is 11.8. The Hall–Kier alpha value is -2.02. The number of carbonyl (C=O) groups excluding carboxylic acids is 1. The first-order valence-electron chi connectivity index (χ1n) is 6.08. The minimum Gasteiger partial charge on any atom is -0.481 e. The first-order valence-corrected chi connectivity index (χ1v) is 6.08. The molecular formula is C12H16N4O3. The lowest BCUT2D eigenvalue weighted by Crippen LogP contribution is -2.32. The van der Waals surface area contributed by atoms with E-state index in [1.165, 1.54) is 0 Å². The van der Waals surface area contributed by atoms with Crippen molar-refractivity contribution in [2.45, 2.75) is 6.92 Å². The number of amides is 1. The average molecular weight is 264 g/mol. The van der Waals surface area contributed by atoms with Crippen molar-refractivity contribution in [3.63, 3.8) is 0 Å². The molecule has 1 fully saturated rings. The van der Waals surface area contributed by atoms with Crippen LogP contribution in [0.25, 0.3) is 0 Å². The summed E-state index contributed by atoms with van der Waals surface area (Å²) in [5, 5.41) is 11.6. The van der Waals surface area contributed by atoms with Crippen molar-refractivity contribution in [3.8, 4) is 0 Å². The zero-order chi connectivity index (χ0) is 13.8. The van der Waals surface area contributed by atoms with E-state index in [2.05, 4.69) is 15.3 Å². The van der Waals surface area contributed by atoms with E-state index < -0.39 is 11.9 Å². The summed E-state index contributed by atoms with van der Waals surface area (Å²) in [7, 11) is 0. The van der Waals surface area contributed by atoms with Crippen molar-refractivity contribution < 1.29 is 14.7 Å². The molecule has 102 valence electrons. The van der Waals surface area contributed by atoms with Gasteiger partial charge in [-0.15, -0.1) is 0 Å². The fourth-order valence-electron chi connectivity index (χ4n) is 2.25. The van der Waals surface area contributed by atoms with Gasteiger partial charge >= 0.3 is 5.97 Å². The molecule has 2 unspecified atom stereocenters. The van der Waals surface area contributed by atoms with E-state index in [4.69, 9.17) is 5.11 Å².